The van der Waals surface area contributed by atoms with Gasteiger partial charge < -0.3 is 15.7 Å². The predicted octanol–water partition coefficient (Wildman–Crippen LogP) is 5.86. The van der Waals surface area contributed by atoms with Crippen molar-refractivity contribution < 1.29 is 14.7 Å². The van der Waals surface area contributed by atoms with Crippen molar-refractivity contribution in [2.75, 3.05) is 5.32 Å². The fourth-order valence-electron chi connectivity index (χ4n) is 3.67. The minimum atomic E-state index is -0.354. The normalized spacial score (nSPS) is 13.0. The molecule has 1 aliphatic carbocycles. The molecule has 0 unspecified atom stereocenters. The van der Waals surface area contributed by atoms with Crippen LogP contribution in [0.15, 0.2) is 66.0 Å². The number of phenols is 1. The third kappa shape index (κ3) is 4.69. The zero-order chi connectivity index (χ0) is 23.7. The van der Waals surface area contributed by atoms with Gasteiger partial charge in [-0.15, -0.1) is 11.3 Å². The average molecular weight is 493 g/mol. The quantitative estimate of drug-likeness (QED) is 0.314. The Balaban J connectivity index is 1.36. The fourth-order valence-corrected chi connectivity index (χ4v) is 4.50. The van der Waals surface area contributed by atoms with Crippen LogP contribution in [0.2, 0.25) is 5.02 Å². The van der Waals surface area contributed by atoms with Crippen molar-refractivity contribution in [3.63, 3.8) is 0 Å². The molecule has 172 valence electrons. The lowest BCUT2D eigenvalue weighted by Gasteiger charge is -2.09. The zero-order valence-corrected chi connectivity index (χ0v) is 19.6. The predicted molar refractivity (Wildman–Crippen MR) is 133 cm³/mol. The molecule has 2 heterocycles. The Kier molecular flexibility index (Phi) is 6.08. The summed E-state index contributed by atoms with van der Waals surface area (Å²) in [6.07, 6.45) is 1.98. The van der Waals surface area contributed by atoms with Crippen LogP contribution >= 0.6 is 22.9 Å². The third-order valence-electron chi connectivity index (χ3n) is 5.59. The molecule has 9 heteroatoms. The van der Waals surface area contributed by atoms with Crippen LogP contribution in [0.5, 0.6) is 5.75 Å². The van der Waals surface area contributed by atoms with E-state index >= 15 is 0 Å². The van der Waals surface area contributed by atoms with Crippen LogP contribution in [0.3, 0.4) is 0 Å². The highest BCUT2D eigenvalue weighted by molar-refractivity contribution is 7.12. The molecule has 1 saturated carbocycles. The van der Waals surface area contributed by atoms with Gasteiger partial charge in [0.2, 0.25) is 0 Å². The standard InChI is InChI=1S/C25H21ClN4O3S/c26-19-5-2-1-4-16(19)14-27-25(33)30-21(15-7-8-15)13-20(29-30)18-10-9-17(12-22(18)31)28-24(32)23-6-3-11-34-23/h1-6,9-13,15,31H,7-8,14H2,(H,27,33)(H,28,32). The number of aromatic nitrogens is 2. The van der Waals surface area contributed by atoms with Crippen LogP contribution < -0.4 is 10.6 Å². The molecule has 34 heavy (non-hydrogen) atoms. The number of nitrogens with one attached hydrogen (secondary N) is 2. The summed E-state index contributed by atoms with van der Waals surface area (Å²) in [6.45, 7) is 0.279. The highest BCUT2D eigenvalue weighted by Crippen LogP contribution is 2.42. The number of anilines is 1. The summed E-state index contributed by atoms with van der Waals surface area (Å²) >= 11 is 7.53. The number of phenolic OH excluding ortho intramolecular Hbond substituents is 1. The molecule has 0 spiro atoms. The average Bonchev–Trinajstić information content (AvgIpc) is 3.33. The lowest BCUT2D eigenvalue weighted by molar-refractivity contribution is 0.103. The molecule has 3 N–H and O–H groups in total. The third-order valence-corrected chi connectivity index (χ3v) is 6.83. The number of aromatic hydroxyl groups is 1. The topological polar surface area (TPSA) is 96.3 Å². The Morgan fingerprint density at radius 1 is 1.12 bits per heavy atom. The fraction of sp³-hybridized carbons (Fsp3) is 0.160. The Hall–Kier alpha value is -3.62. The van der Waals surface area contributed by atoms with E-state index in [4.69, 9.17) is 11.6 Å². The van der Waals surface area contributed by atoms with E-state index in [2.05, 4.69) is 15.7 Å². The minimum Gasteiger partial charge on any atom is -0.507 e. The number of carbonyl (C=O) groups is 2. The molecule has 0 aliphatic heterocycles. The molecule has 2 amide bonds. The van der Waals surface area contributed by atoms with E-state index in [0.29, 0.717) is 26.8 Å². The number of thiophene rings is 1. The van der Waals surface area contributed by atoms with Gasteiger partial charge in [0.15, 0.2) is 0 Å². The highest BCUT2D eigenvalue weighted by atomic mass is 35.5. The molecule has 7 nitrogen and oxygen atoms in total. The van der Waals surface area contributed by atoms with Gasteiger partial charge in [-0.3, -0.25) is 4.79 Å². The van der Waals surface area contributed by atoms with Crippen LogP contribution in [0.1, 0.15) is 39.7 Å². The molecular weight excluding hydrogens is 472 g/mol. The van der Waals surface area contributed by atoms with Crippen molar-refractivity contribution in [1.29, 1.82) is 0 Å². The van der Waals surface area contributed by atoms with Gasteiger partial charge in [0.25, 0.3) is 5.91 Å². The molecular formula is C25H21ClN4O3S. The van der Waals surface area contributed by atoms with Crippen LogP contribution in [0.4, 0.5) is 10.5 Å². The Bertz CT molecular complexity index is 1360. The Labute approximate surface area is 205 Å². The summed E-state index contributed by atoms with van der Waals surface area (Å²) in [7, 11) is 0. The van der Waals surface area contributed by atoms with Crippen molar-refractivity contribution in [2.24, 2.45) is 0 Å². The summed E-state index contributed by atoms with van der Waals surface area (Å²) in [5.74, 6) is -0.0103. The van der Waals surface area contributed by atoms with Gasteiger partial charge in [-0.2, -0.15) is 9.78 Å². The highest BCUT2D eigenvalue weighted by Gasteiger charge is 2.30. The smallest absolute Gasteiger partial charge is 0.342 e. The first-order valence-corrected chi connectivity index (χ1v) is 12.0. The van der Waals surface area contributed by atoms with E-state index in [0.717, 1.165) is 24.1 Å². The molecule has 1 aliphatic rings. The molecule has 1 fully saturated rings. The van der Waals surface area contributed by atoms with Crippen LogP contribution in [0.25, 0.3) is 11.3 Å². The molecule has 0 saturated heterocycles. The summed E-state index contributed by atoms with van der Waals surface area (Å²) in [6, 6.07) is 17.2. The zero-order valence-electron chi connectivity index (χ0n) is 18.0. The minimum absolute atomic E-state index is 0.0348. The molecule has 0 radical (unpaired) electrons. The van der Waals surface area contributed by atoms with Gasteiger partial charge in [0.1, 0.15) is 5.75 Å². The first-order chi connectivity index (χ1) is 16.5. The lowest BCUT2D eigenvalue weighted by Crippen LogP contribution is -2.30. The number of halogens is 1. The van der Waals surface area contributed by atoms with E-state index in [-0.39, 0.29) is 30.2 Å². The molecule has 0 atom stereocenters. The van der Waals surface area contributed by atoms with Gasteiger partial charge in [-0.05, 0) is 54.1 Å². The van der Waals surface area contributed by atoms with Crippen molar-refractivity contribution in [2.45, 2.75) is 25.3 Å². The maximum absolute atomic E-state index is 12.9. The van der Waals surface area contributed by atoms with E-state index in [1.807, 2.05) is 29.6 Å². The number of rotatable bonds is 6. The SMILES string of the molecule is O=C(Nc1ccc(-c2cc(C3CC3)n(C(=O)NCc3ccccc3Cl)n2)c(O)c1)c1cccs1. The first-order valence-electron chi connectivity index (χ1n) is 10.8. The van der Waals surface area contributed by atoms with Crippen molar-refractivity contribution in [3.05, 3.63) is 87.2 Å². The number of nitrogens with zero attached hydrogens (tertiary/aromatic N) is 2. The van der Waals surface area contributed by atoms with E-state index in [9.17, 15) is 14.7 Å². The Morgan fingerprint density at radius 3 is 2.65 bits per heavy atom. The summed E-state index contributed by atoms with van der Waals surface area (Å²) in [5, 5.41) is 23.2. The number of hydrogen-bond donors (Lipinski definition) is 3. The van der Waals surface area contributed by atoms with Gasteiger partial charge in [-0.1, -0.05) is 35.9 Å². The number of benzene rings is 2. The van der Waals surface area contributed by atoms with Gasteiger partial charge in [0.05, 0.1) is 16.3 Å². The first kappa shape index (κ1) is 22.2. The monoisotopic (exact) mass is 492 g/mol. The largest absolute Gasteiger partial charge is 0.507 e. The van der Waals surface area contributed by atoms with Crippen LogP contribution in [0, 0.1) is 0 Å². The van der Waals surface area contributed by atoms with Gasteiger partial charge in [0, 0.05) is 34.8 Å². The maximum Gasteiger partial charge on any atom is 0.342 e. The second kappa shape index (κ2) is 9.32. The second-order valence-corrected chi connectivity index (χ2v) is 9.41. The van der Waals surface area contributed by atoms with Gasteiger partial charge in [-0.25, -0.2) is 4.79 Å². The van der Waals surface area contributed by atoms with Crippen molar-refractivity contribution >= 4 is 40.6 Å². The van der Waals surface area contributed by atoms with E-state index in [1.165, 1.54) is 22.1 Å². The second-order valence-electron chi connectivity index (χ2n) is 8.05. The number of carbonyl (C=O) groups excluding carboxylic acids is 2. The summed E-state index contributed by atoms with van der Waals surface area (Å²) in [5.41, 5.74) is 3.06. The number of hydrogen-bond acceptors (Lipinski definition) is 5. The number of amides is 2. The molecule has 2 aromatic carbocycles. The van der Waals surface area contributed by atoms with E-state index in [1.54, 1.807) is 30.3 Å². The summed E-state index contributed by atoms with van der Waals surface area (Å²) < 4.78 is 1.37. The lowest BCUT2D eigenvalue weighted by atomic mass is 10.1. The van der Waals surface area contributed by atoms with Gasteiger partial charge >= 0.3 is 6.03 Å². The molecule has 4 aromatic rings. The van der Waals surface area contributed by atoms with E-state index < -0.39 is 0 Å². The van der Waals surface area contributed by atoms with Crippen molar-refractivity contribution in [1.82, 2.24) is 15.1 Å². The maximum atomic E-state index is 12.9. The Morgan fingerprint density at radius 2 is 1.94 bits per heavy atom. The van der Waals surface area contributed by atoms with Crippen LogP contribution in [-0.4, -0.2) is 26.8 Å². The van der Waals surface area contributed by atoms with Crippen LogP contribution in [-0.2, 0) is 6.54 Å². The summed E-state index contributed by atoms with van der Waals surface area (Å²) in [4.78, 5) is 25.8. The van der Waals surface area contributed by atoms with Crippen molar-refractivity contribution in [3.8, 4) is 17.0 Å². The molecule has 5 rings (SSSR count). The molecule has 2 aromatic heterocycles. The molecule has 0 bridgehead atoms.